The van der Waals surface area contributed by atoms with Crippen LogP contribution in [-0.4, -0.2) is 65.6 Å². The number of hydrogen-bond donors (Lipinski definition) is 2. The summed E-state index contributed by atoms with van der Waals surface area (Å²) in [5, 5.41) is 25.6. The minimum Gasteiger partial charge on any atom is -0.391 e. The first-order valence-corrected chi connectivity index (χ1v) is 11.4. The number of aliphatic hydroxyl groups excluding tert-OH is 1. The van der Waals surface area contributed by atoms with Gasteiger partial charge in [-0.25, -0.2) is 4.68 Å². The highest BCUT2D eigenvalue weighted by Crippen LogP contribution is 2.40. The number of carbonyl (C=O) groups is 2. The predicted molar refractivity (Wildman–Crippen MR) is 117 cm³/mol. The first kappa shape index (κ1) is 23.3. The van der Waals surface area contributed by atoms with Gasteiger partial charge in [0.2, 0.25) is 11.8 Å². The summed E-state index contributed by atoms with van der Waals surface area (Å²) < 4.78 is 6.84. The molecule has 0 radical (unpaired) electrons. The van der Waals surface area contributed by atoms with Crippen LogP contribution in [0.4, 0.5) is 0 Å². The van der Waals surface area contributed by atoms with Gasteiger partial charge < -0.3 is 19.8 Å². The number of hydrogen-bond acceptors (Lipinski definition) is 8. The van der Waals surface area contributed by atoms with Gasteiger partial charge in [0, 0.05) is 25.1 Å². The van der Waals surface area contributed by atoms with E-state index < -0.39 is 29.1 Å². The van der Waals surface area contributed by atoms with Crippen LogP contribution in [0.25, 0.3) is 0 Å². The Bertz CT molecular complexity index is 1030. The molecule has 3 heterocycles. The van der Waals surface area contributed by atoms with Gasteiger partial charge >= 0.3 is 0 Å². The second-order valence-corrected chi connectivity index (χ2v) is 10.8. The molecule has 1 aliphatic heterocycles. The molecule has 0 aromatic carbocycles. The molecule has 180 valence electrons. The van der Waals surface area contributed by atoms with Crippen molar-refractivity contribution in [2.75, 3.05) is 6.54 Å². The fourth-order valence-corrected chi connectivity index (χ4v) is 4.32. The molecule has 2 amide bonds. The van der Waals surface area contributed by atoms with E-state index in [2.05, 4.69) is 25.8 Å². The molecule has 33 heavy (non-hydrogen) atoms. The molecular weight excluding hydrogens is 426 g/mol. The highest BCUT2D eigenvalue weighted by Gasteiger charge is 2.46. The molecule has 1 aliphatic carbocycles. The lowest BCUT2D eigenvalue weighted by molar-refractivity contribution is -0.144. The Morgan fingerprint density at radius 1 is 1.24 bits per heavy atom. The molecule has 11 nitrogen and oxygen atoms in total. The molecule has 11 heteroatoms. The third kappa shape index (κ3) is 4.78. The van der Waals surface area contributed by atoms with Gasteiger partial charge in [-0.1, -0.05) is 31.1 Å². The Labute approximate surface area is 192 Å². The lowest BCUT2D eigenvalue weighted by atomic mass is 9.85. The van der Waals surface area contributed by atoms with Crippen LogP contribution in [-0.2, 0) is 15.1 Å². The first-order chi connectivity index (χ1) is 15.4. The van der Waals surface area contributed by atoms with Crippen LogP contribution in [0.1, 0.15) is 83.2 Å². The number of nitrogens with one attached hydrogen (secondary N) is 1. The summed E-state index contributed by atoms with van der Waals surface area (Å²) in [6.45, 7) is 11.1. The van der Waals surface area contributed by atoms with E-state index in [9.17, 15) is 14.7 Å². The molecule has 0 bridgehead atoms. The molecule has 0 unspecified atom stereocenters. The molecule has 4 rings (SSSR count). The molecule has 1 saturated heterocycles. The third-order valence-corrected chi connectivity index (χ3v) is 6.21. The highest BCUT2D eigenvalue weighted by molar-refractivity contribution is 5.90. The van der Waals surface area contributed by atoms with Crippen molar-refractivity contribution in [3.63, 3.8) is 0 Å². The van der Waals surface area contributed by atoms with Gasteiger partial charge in [-0.3, -0.25) is 9.59 Å². The Balaban J connectivity index is 1.57. The first-order valence-electron chi connectivity index (χ1n) is 11.4. The average Bonchev–Trinajstić information content (AvgIpc) is 3.08. The van der Waals surface area contributed by atoms with E-state index in [4.69, 9.17) is 4.52 Å². The van der Waals surface area contributed by atoms with Crippen LogP contribution in [0.15, 0.2) is 10.7 Å². The van der Waals surface area contributed by atoms with Crippen molar-refractivity contribution in [1.82, 2.24) is 35.4 Å². The maximum absolute atomic E-state index is 13.8. The summed E-state index contributed by atoms with van der Waals surface area (Å²) in [4.78, 5) is 32.7. The van der Waals surface area contributed by atoms with Gasteiger partial charge in [-0.2, -0.15) is 4.98 Å². The number of nitrogens with zero attached hydrogens (tertiary/aromatic N) is 6. The van der Waals surface area contributed by atoms with E-state index in [1.165, 1.54) is 4.90 Å². The SMILES string of the molecule is Cc1noc(C(C)(C)NC(=O)[C@@H]2C[C@@H](O)CN2C(=O)[C@@H](n2cc(C3CC3)nn2)C(C)(C)C)n1. The van der Waals surface area contributed by atoms with Crippen molar-refractivity contribution in [3.8, 4) is 0 Å². The Morgan fingerprint density at radius 3 is 2.52 bits per heavy atom. The van der Waals surface area contributed by atoms with E-state index in [-0.39, 0.29) is 30.7 Å². The molecule has 2 aliphatic rings. The number of carbonyl (C=O) groups excluding carboxylic acids is 2. The zero-order valence-corrected chi connectivity index (χ0v) is 20.1. The van der Waals surface area contributed by atoms with Crippen molar-refractivity contribution in [2.45, 2.75) is 90.4 Å². The predicted octanol–water partition coefficient (Wildman–Crippen LogP) is 1.45. The number of β-amino-alcohol motifs (C(OH)–C–C–N with tert-alkyl or cyclic N) is 1. The number of likely N-dealkylation sites (tertiary alicyclic amines) is 1. The molecular formula is C22H33N7O4. The number of aliphatic hydroxyl groups is 1. The van der Waals surface area contributed by atoms with Gasteiger partial charge in [-0.15, -0.1) is 5.10 Å². The van der Waals surface area contributed by atoms with Crippen molar-refractivity contribution in [1.29, 1.82) is 0 Å². The van der Waals surface area contributed by atoms with Crippen LogP contribution >= 0.6 is 0 Å². The van der Waals surface area contributed by atoms with Crippen LogP contribution < -0.4 is 5.32 Å². The van der Waals surface area contributed by atoms with Crippen molar-refractivity contribution >= 4 is 11.8 Å². The molecule has 2 aromatic heterocycles. The maximum Gasteiger partial charge on any atom is 0.251 e. The smallest absolute Gasteiger partial charge is 0.251 e. The summed E-state index contributed by atoms with van der Waals surface area (Å²) in [7, 11) is 0. The lowest BCUT2D eigenvalue weighted by Gasteiger charge is -2.35. The van der Waals surface area contributed by atoms with Crippen molar-refractivity contribution in [2.24, 2.45) is 5.41 Å². The van der Waals surface area contributed by atoms with Crippen LogP contribution in [0.2, 0.25) is 0 Å². The van der Waals surface area contributed by atoms with Gasteiger partial charge in [0.15, 0.2) is 5.82 Å². The summed E-state index contributed by atoms with van der Waals surface area (Å²) in [5.41, 5.74) is -0.528. The van der Waals surface area contributed by atoms with Crippen molar-refractivity contribution < 1.29 is 19.2 Å². The topological polar surface area (TPSA) is 139 Å². The highest BCUT2D eigenvalue weighted by atomic mass is 16.5. The largest absolute Gasteiger partial charge is 0.391 e. The fraction of sp³-hybridized carbons (Fsp3) is 0.727. The van der Waals surface area contributed by atoms with E-state index in [0.29, 0.717) is 11.7 Å². The summed E-state index contributed by atoms with van der Waals surface area (Å²) in [6, 6.07) is -1.49. The second kappa shape index (κ2) is 8.19. The summed E-state index contributed by atoms with van der Waals surface area (Å²) >= 11 is 0. The molecule has 3 atom stereocenters. The van der Waals surface area contributed by atoms with Gasteiger partial charge in [0.1, 0.15) is 17.6 Å². The lowest BCUT2D eigenvalue weighted by Crippen LogP contribution is -2.53. The zero-order valence-electron chi connectivity index (χ0n) is 20.1. The molecule has 1 saturated carbocycles. The van der Waals surface area contributed by atoms with E-state index in [0.717, 1.165) is 18.5 Å². The molecule has 2 N–H and O–H groups in total. The number of amides is 2. The molecule has 2 fully saturated rings. The fourth-order valence-electron chi connectivity index (χ4n) is 4.32. The Kier molecular flexibility index (Phi) is 5.80. The minimum absolute atomic E-state index is 0.0772. The molecule has 2 aromatic rings. The van der Waals surface area contributed by atoms with E-state index in [1.807, 2.05) is 27.0 Å². The van der Waals surface area contributed by atoms with Crippen LogP contribution in [0.3, 0.4) is 0 Å². The monoisotopic (exact) mass is 459 g/mol. The second-order valence-electron chi connectivity index (χ2n) is 10.8. The Morgan fingerprint density at radius 2 is 1.94 bits per heavy atom. The van der Waals surface area contributed by atoms with Gasteiger partial charge in [0.05, 0.1) is 11.8 Å². The average molecular weight is 460 g/mol. The third-order valence-electron chi connectivity index (χ3n) is 6.21. The van der Waals surface area contributed by atoms with Crippen LogP contribution in [0.5, 0.6) is 0 Å². The number of aryl methyl sites for hydroxylation is 1. The minimum atomic E-state index is -0.935. The summed E-state index contributed by atoms with van der Waals surface area (Å²) in [5.74, 6) is 0.500. The van der Waals surface area contributed by atoms with Gasteiger partial charge in [-0.05, 0) is 39.0 Å². The number of rotatable bonds is 6. The summed E-state index contributed by atoms with van der Waals surface area (Å²) in [6.07, 6.45) is 3.37. The number of aromatic nitrogens is 5. The quantitative estimate of drug-likeness (QED) is 0.662. The maximum atomic E-state index is 13.8. The zero-order chi connectivity index (χ0) is 24.1. The molecule has 0 spiro atoms. The van der Waals surface area contributed by atoms with E-state index in [1.54, 1.807) is 25.5 Å². The normalized spacial score (nSPS) is 22.5. The van der Waals surface area contributed by atoms with Gasteiger partial charge in [0.25, 0.3) is 5.89 Å². The van der Waals surface area contributed by atoms with Crippen molar-refractivity contribution in [3.05, 3.63) is 23.6 Å². The standard InChI is InChI=1S/C22H33N7O4/c1-12-23-20(33-26-12)22(5,6)24-18(31)16-9-14(30)10-28(16)19(32)17(21(2,3)4)29-11-15(25-27-29)13-7-8-13/h11,13-14,16-17,30H,7-10H2,1-6H3,(H,24,31)/t14-,16+,17-/m1/s1. The van der Waals surface area contributed by atoms with E-state index >= 15 is 0 Å². The Hall–Kier alpha value is -2.82. The van der Waals surface area contributed by atoms with Crippen LogP contribution in [0, 0.1) is 12.3 Å².